The Bertz CT molecular complexity index is 634. The Hall–Kier alpha value is -1.88. The highest BCUT2D eigenvalue weighted by Gasteiger charge is 2.52. The van der Waals surface area contributed by atoms with E-state index >= 15 is 0 Å². The zero-order valence-corrected chi connectivity index (χ0v) is 14.7. The molecule has 25 heavy (non-hydrogen) atoms. The van der Waals surface area contributed by atoms with Crippen LogP contribution < -0.4 is 0 Å². The lowest BCUT2D eigenvalue weighted by Crippen LogP contribution is -2.45. The van der Waals surface area contributed by atoms with E-state index in [2.05, 4.69) is 0 Å². The fraction of sp³-hybridized carbons (Fsp3) is 0.600. The molecular weight excluding hydrogens is 316 g/mol. The van der Waals surface area contributed by atoms with E-state index in [1.807, 2.05) is 40.1 Å². The lowest BCUT2D eigenvalue weighted by atomic mass is 9.71. The normalized spacial score (nSPS) is 25.5. The number of carbonyl (C=O) groups excluding carboxylic acids is 2. The number of hydrogen-bond donors (Lipinski definition) is 0. The molecule has 1 atom stereocenters. The van der Waals surface area contributed by atoms with Crippen LogP contribution in [0.4, 0.5) is 0 Å². The van der Waals surface area contributed by atoms with Crippen LogP contribution in [0.1, 0.15) is 36.0 Å². The van der Waals surface area contributed by atoms with Gasteiger partial charge in [-0.1, -0.05) is 18.2 Å². The van der Waals surface area contributed by atoms with E-state index in [-0.39, 0.29) is 23.1 Å². The SMILES string of the molecule is O=C(c1ccccc1)N1CC(C(=O)N2CCCC2)C2(CCOCC2)C1. The first kappa shape index (κ1) is 16.6. The number of nitrogens with zero attached hydrogens (tertiary/aromatic N) is 2. The van der Waals surface area contributed by atoms with E-state index in [9.17, 15) is 9.59 Å². The molecule has 3 aliphatic rings. The number of hydrogen-bond acceptors (Lipinski definition) is 3. The van der Waals surface area contributed by atoms with E-state index in [4.69, 9.17) is 4.74 Å². The van der Waals surface area contributed by atoms with Crippen LogP contribution in [-0.4, -0.2) is 61.0 Å². The number of rotatable bonds is 2. The second-order valence-corrected chi connectivity index (χ2v) is 7.61. The molecule has 3 fully saturated rings. The van der Waals surface area contributed by atoms with Gasteiger partial charge < -0.3 is 14.5 Å². The predicted molar refractivity (Wildman–Crippen MR) is 94.1 cm³/mol. The van der Waals surface area contributed by atoms with Crippen LogP contribution in [0.15, 0.2) is 30.3 Å². The minimum Gasteiger partial charge on any atom is -0.381 e. The lowest BCUT2D eigenvalue weighted by Gasteiger charge is -2.38. The maximum absolute atomic E-state index is 13.2. The number of ether oxygens (including phenoxy) is 1. The summed E-state index contributed by atoms with van der Waals surface area (Å²) in [6, 6.07) is 9.41. The Morgan fingerprint density at radius 2 is 1.68 bits per heavy atom. The Morgan fingerprint density at radius 1 is 1.00 bits per heavy atom. The van der Waals surface area contributed by atoms with Crippen molar-refractivity contribution in [3.05, 3.63) is 35.9 Å². The Labute approximate surface area is 148 Å². The minimum atomic E-state index is -0.109. The zero-order chi connectivity index (χ0) is 17.3. The summed E-state index contributed by atoms with van der Waals surface area (Å²) >= 11 is 0. The van der Waals surface area contributed by atoms with E-state index < -0.39 is 0 Å². The quantitative estimate of drug-likeness (QED) is 0.828. The summed E-state index contributed by atoms with van der Waals surface area (Å²) in [5.41, 5.74) is 0.599. The summed E-state index contributed by atoms with van der Waals surface area (Å²) in [6.07, 6.45) is 3.94. The van der Waals surface area contributed by atoms with Gasteiger partial charge in [-0.25, -0.2) is 0 Å². The zero-order valence-electron chi connectivity index (χ0n) is 14.7. The molecule has 134 valence electrons. The molecule has 5 heteroatoms. The number of benzene rings is 1. The first-order valence-electron chi connectivity index (χ1n) is 9.40. The summed E-state index contributed by atoms with van der Waals surface area (Å²) in [4.78, 5) is 30.0. The molecule has 1 aromatic carbocycles. The van der Waals surface area contributed by atoms with Crippen molar-refractivity contribution in [2.24, 2.45) is 11.3 Å². The van der Waals surface area contributed by atoms with Crippen molar-refractivity contribution >= 4 is 11.8 Å². The summed E-state index contributed by atoms with van der Waals surface area (Å²) < 4.78 is 5.56. The van der Waals surface area contributed by atoms with E-state index in [0.717, 1.165) is 38.8 Å². The van der Waals surface area contributed by atoms with Gasteiger partial charge in [-0.3, -0.25) is 9.59 Å². The van der Waals surface area contributed by atoms with Crippen molar-refractivity contribution in [2.75, 3.05) is 39.4 Å². The Kier molecular flexibility index (Phi) is 4.50. The van der Waals surface area contributed by atoms with E-state index in [1.165, 1.54) is 0 Å². The molecular formula is C20H26N2O3. The van der Waals surface area contributed by atoms with Gasteiger partial charge in [-0.15, -0.1) is 0 Å². The molecule has 1 unspecified atom stereocenters. The smallest absolute Gasteiger partial charge is 0.253 e. The third-order valence-corrected chi connectivity index (χ3v) is 6.16. The molecule has 4 rings (SSSR count). The summed E-state index contributed by atoms with van der Waals surface area (Å²) in [6.45, 7) is 4.34. The van der Waals surface area contributed by atoms with Crippen LogP contribution in [0.2, 0.25) is 0 Å². The van der Waals surface area contributed by atoms with Gasteiger partial charge in [0.25, 0.3) is 5.91 Å². The van der Waals surface area contributed by atoms with Crippen LogP contribution in [0.3, 0.4) is 0 Å². The van der Waals surface area contributed by atoms with Gasteiger partial charge in [0.1, 0.15) is 0 Å². The molecule has 1 spiro atoms. The number of amides is 2. The van der Waals surface area contributed by atoms with Crippen molar-refractivity contribution in [3.63, 3.8) is 0 Å². The average molecular weight is 342 g/mol. The highest BCUT2D eigenvalue weighted by Crippen LogP contribution is 2.45. The molecule has 3 heterocycles. The maximum atomic E-state index is 13.2. The van der Waals surface area contributed by atoms with Gasteiger partial charge in [0.2, 0.25) is 5.91 Å². The molecule has 3 saturated heterocycles. The molecule has 0 N–H and O–H groups in total. The van der Waals surface area contributed by atoms with Crippen molar-refractivity contribution in [2.45, 2.75) is 25.7 Å². The van der Waals surface area contributed by atoms with Crippen LogP contribution in [0.25, 0.3) is 0 Å². The van der Waals surface area contributed by atoms with Gasteiger partial charge in [0.15, 0.2) is 0 Å². The Morgan fingerprint density at radius 3 is 2.36 bits per heavy atom. The van der Waals surface area contributed by atoms with Gasteiger partial charge >= 0.3 is 0 Å². The second-order valence-electron chi connectivity index (χ2n) is 7.61. The first-order chi connectivity index (χ1) is 12.2. The van der Waals surface area contributed by atoms with Crippen LogP contribution in [0, 0.1) is 11.3 Å². The van der Waals surface area contributed by atoms with Gasteiger partial charge in [0, 0.05) is 50.4 Å². The molecule has 0 saturated carbocycles. The predicted octanol–water partition coefficient (Wildman–Crippen LogP) is 2.18. The molecule has 0 radical (unpaired) electrons. The van der Waals surface area contributed by atoms with Gasteiger partial charge in [-0.2, -0.15) is 0 Å². The third-order valence-electron chi connectivity index (χ3n) is 6.16. The minimum absolute atomic E-state index is 0.0446. The third kappa shape index (κ3) is 3.06. The summed E-state index contributed by atoms with van der Waals surface area (Å²) in [5.74, 6) is 0.216. The van der Waals surface area contributed by atoms with E-state index in [1.54, 1.807) is 0 Å². The molecule has 0 aromatic heterocycles. The molecule has 0 bridgehead atoms. The van der Waals surface area contributed by atoms with E-state index in [0.29, 0.717) is 31.9 Å². The fourth-order valence-corrected chi connectivity index (χ4v) is 4.67. The van der Waals surface area contributed by atoms with Gasteiger partial charge in [-0.05, 0) is 37.8 Å². The van der Waals surface area contributed by atoms with Crippen LogP contribution in [0.5, 0.6) is 0 Å². The lowest BCUT2D eigenvalue weighted by molar-refractivity contribution is -0.139. The van der Waals surface area contributed by atoms with Crippen LogP contribution >= 0.6 is 0 Å². The Balaban J connectivity index is 1.58. The van der Waals surface area contributed by atoms with Crippen molar-refractivity contribution in [1.29, 1.82) is 0 Å². The second kappa shape index (κ2) is 6.79. The number of likely N-dealkylation sites (tertiary alicyclic amines) is 2. The maximum Gasteiger partial charge on any atom is 0.253 e. The summed E-state index contributed by atoms with van der Waals surface area (Å²) in [5, 5.41) is 0. The monoisotopic (exact) mass is 342 g/mol. The number of carbonyl (C=O) groups is 2. The van der Waals surface area contributed by atoms with Crippen molar-refractivity contribution < 1.29 is 14.3 Å². The molecule has 5 nitrogen and oxygen atoms in total. The topological polar surface area (TPSA) is 49.9 Å². The largest absolute Gasteiger partial charge is 0.381 e. The average Bonchev–Trinajstić information content (AvgIpc) is 3.31. The first-order valence-corrected chi connectivity index (χ1v) is 9.40. The highest BCUT2D eigenvalue weighted by molar-refractivity contribution is 5.95. The van der Waals surface area contributed by atoms with Crippen LogP contribution in [-0.2, 0) is 9.53 Å². The standard InChI is InChI=1S/C20H26N2O3/c23-18(16-6-2-1-3-7-16)22-14-17(19(24)21-10-4-5-11-21)20(15-22)8-12-25-13-9-20/h1-3,6-7,17H,4-5,8-15H2. The fourth-order valence-electron chi connectivity index (χ4n) is 4.67. The molecule has 1 aromatic rings. The molecule has 3 aliphatic heterocycles. The highest BCUT2D eigenvalue weighted by atomic mass is 16.5. The molecule has 0 aliphatic carbocycles. The molecule has 2 amide bonds. The van der Waals surface area contributed by atoms with Crippen molar-refractivity contribution in [1.82, 2.24) is 9.80 Å². The van der Waals surface area contributed by atoms with Gasteiger partial charge in [0.05, 0.1) is 5.92 Å². The summed E-state index contributed by atoms with van der Waals surface area (Å²) in [7, 11) is 0. The van der Waals surface area contributed by atoms with Crippen molar-refractivity contribution in [3.8, 4) is 0 Å².